The molecule has 1 saturated heterocycles. The van der Waals surface area contributed by atoms with Gasteiger partial charge in [0, 0.05) is 39.0 Å². The third-order valence-corrected chi connectivity index (χ3v) is 4.37. The van der Waals surface area contributed by atoms with Gasteiger partial charge in [0.25, 0.3) is 0 Å². The molecule has 2 rings (SSSR count). The molecule has 1 fully saturated rings. The Morgan fingerprint density at radius 3 is 2.00 bits per heavy atom. The highest BCUT2D eigenvalue weighted by molar-refractivity contribution is 5.79. The van der Waals surface area contributed by atoms with Gasteiger partial charge in [-0.15, -0.1) is 0 Å². The van der Waals surface area contributed by atoms with Gasteiger partial charge in [0.1, 0.15) is 5.75 Å². The third-order valence-electron chi connectivity index (χ3n) is 4.37. The van der Waals surface area contributed by atoms with E-state index in [0.717, 1.165) is 11.3 Å². The number of aryl methyl sites for hydroxylation is 1. The van der Waals surface area contributed by atoms with Crippen molar-refractivity contribution in [3.63, 3.8) is 0 Å². The summed E-state index contributed by atoms with van der Waals surface area (Å²) in [6.07, 6.45) is 0.903. The average molecular weight is 362 g/mol. The maximum Gasteiger partial charge on any atom is 0.303 e. The second-order valence-corrected chi connectivity index (χ2v) is 6.42. The van der Waals surface area contributed by atoms with Crippen LogP contribution in [0.4, 0.5) is 0 Å². The molecule has 7 nitrogen and oxygen atoms in total. The van der Waals surface area contributed by atoms with E-state index in [2.05, 4.69) is 0 Å². The molecule has 0 aliphatic carbocycles. The fraction of sp³-hybridized carbons (Fsp3) is 0.526. The summed E-state index contributed by atoms with van der Waals surface area (Å²) in [5.41, 5.74) is 1.16. The average Bonchev–Trinajstić information content (AvgIpc) is 2.63. The topological polar surface area (TPSA) is 87.2 Å². The van der Waals surface area contributed by atoms with Crippen molar-refractivity contribution >= 4 is 17.8 Å². The summed E-state index contributed by atoms with van der Waals surface area (Å²) in [4.78, 5) is 38.2. The van der Waals surface area contributed by atoms with Gasteiger partial charge >= 0.3 is 5.97 Å². The highest BCUT2D eigenvalue weighted by atomic mass is 16.5. The van der Waals surface area contributed by atoms with Gasteiger partial charge in [-0.1, -0.05) is 17.7 Å². The van der Waals surface area contributed by atoms with Gasteiger partial charge in [-0.25, -0.2) is 0 Å². The molecule has 0 bridgehead atoms. The number of benzene rings is 1. The molecular formula is C19H26N2O5. The molecule has 1 aromatic rings. The van der Waals surface area contributed by atoms with E-state index in [9.17, 15) is 14.4 Å². The molecule has 0 spiro atoms. The van der Waals surface area contributed by atoms with Crippen molar-refractivity contribution in [2.45, 2.75) is 32.6 Å². The predicted octanol–water partition coefficient (Wildman–Crippen LogP) is 1.69. The molecule has 1 aliphatic heterocycles. The molecule has 1 aromatic carbocycles. The van der Waals surface area contributed by atoms with Crippen LogP contribution in [0, 0.1) is 6.92 Å². The zero-order valence-electron chi connectivity index (χ0n) is 15.1. The lowest BCUT2D eigenvalue weighted by Crippen LogP contribution is -2.50. The first-order chi connectivity index (χ1) is 12.5. The van der Waals surface area contributed by atoms with E-state index in [0.29, 0.717) is 45.6 Å². The number of piperazine rings is 1. The molecule has 26 heavy (non-hydrogen) atoms. The largest absolute Gasteiger partial charge is 0.493 e. The van der Waals surface area contributed by atoms with Gasteiger partial charge in [-0.3, -0.25) is 14.4 Å². The lowest BCUT2D eigenvalue weighted by Gasteiger charge is -2.35. The van der Waals surface area contributed by atoms with E-state index in [1.807, 2.05) is 31.2 Å². The van der Waals surface area contributed by atoms with Crippen molar-refractivity contribution in [3.05, 3.63) is 29.8 Å². The number of aliphatic carboxylic acids is 1. The zero-order valence-corrected chi connectivity index (χ0v) is 15.1. The van der Waals surface area contributed by atoms with Crippen LogP contribution in [0.3, 0.4) is 0 Å². The van der Waals surface area contributed by atoms with E-state index in [1.165, 1.54) is 0 Å². The quantitative estimate of drug-likeness (QED) is 0.760. The monoisotopic (exact) mass is 362 g/mol. The summed E-state index contributed by atoms with van der Waals surface area (Å²) >= 11 is 0. The summed E-state index contributed by atoms with van der Waals surface area (Å²) in [5, 5.41) is 8.61. The van der Waals surface area contributed by atoms with Crippen molar-refractivity contribution < 1.29 is 24.2 Å². The van der Waals surface area contributed by atoms with E-state index in [-0.39, 0.29) is 24.7 Å². The molecule has 1 N–H and O–H groups in total. The minimum atomic E-state index is -0.888. The molecule has 0 aromatic heterocycles. The van der Waals surface area contributed by atoms with Crippen LogP contribution < -0.4 is 4.74 Å². The van der Waals surface area contributed by atoms with Gasteiger partial charge in [0.2, 0.25) is 11.8 Å². The number of nitrogens with zero attached hydrogens (tertiary/aromatic N) is 2. The molecule has 7 heteroatoms. The van der Waals surface area contributed by atoms with Gasteiger partial charge in [-0.05, 0) is 25.5 Å². The highest BCUT2D eigenvalue weighted by Crippen LogP contribution is 2.12. The lowest BCUT2D eigenvalue weighted by atomic mass is 10.2. The second kappa shape index (κ2) is 9.79. The first kappa shape index (κ1) is 19.8. The van der Waals surface area contributed by atoms with Gasteiger partial charge in [-0.2, -0.15) is 0 Å². The van der Waals surface area contributed by atoms with Crippen molar-refractivity contribution in [2.24, 2.45) is 0 Å². The van der Waals surface area contributed by atoms with Crippen LogP contribution in [0.2, 0.25) is 0 Å². The zero-order chi connectivity index (χ0) is 18.9. The highest BCUT2D eigenvalue weighted by Gasteiger charge is 2.23. The minimum absolute atomic E-state index is 0.00513. The van der Waals surface area contributed by atoms with E-state index >= 15 is 0 Å². The normalized spacial score (nSPS) is 14.2. The van der Waals surface area contributed by atoms with Crippen LogP contribution in [0.15, 0.2) is 24.3 Å². The van der Waals surface area contributed by atoms with Crippen LogP contribution in [0.1, 0.15) is 31.2 Å². The molecule has 1 heterocycles. The number of carboxylic acid groups (broad SMARTS) is 1. The van der Waals surface area contributed by atoms with E-state index < -0.39 is 5.97 Å². The lowest BCUT2D eigenvalue weighted by molar-refractivity contribution is -0.140. The molecule has 0 saturated carbocycles. The molecule has 0 radical (unpaired) electrons. The van der Waals surface area contributed by atoms with Crippen LogP contribution in [0.25, 0.3) is 0 Å². The van der Waals surface area contributed by atoms with E-state index in [4.69, 9.17) is 9.84 Å². The molecule has 142 valence electrons. The summed E-state index contributed by atoms with van der Waals surface area (Å²) in [6, 6.07) is 7.69. The second-order valence-electron chi connectivity index (χ2n) is 6.42. The smallest absolute Gasteiger partial charge is 0.303 e. The Hall–Kier alpha value is -2.57. The standard InChI is InChI=1S/C19H26N2O5/c1-15-5-7-16(8-6-15)26-14-9-18(23)21-12-10-20(11-13-21)17(22)3-2-4-19(24)25/h5-8H,2-4,9-14H2,1H3,(H,24,25). The Balaban J connectivity index is 1.65. The Morgan fingerprint density at radius 2 is 1.46 bits per heavy atom. The molecule has 0 atom stereocenters. The Kier molecular flexibility index (Phi) is 7.44. The van der Waals surface area contributed by atoms with Gasteiger partial charge in [0.15, 0.2) is 0 Å². The number of carbonyl (C=O) groups is 3. The van der Waals surface area contributed by atoms with Crippen molar-refractivity contribution in [2.75, 3.05) is 32.8 Å². The van der Waals surface area contributed by atoms with Crippen molar-refractivity contribution in [1.29, 1.82) is 0 Å². The number of hydrogen-bond acceptors (Lipinski definition) is 4. The number of amides is 2. The Morgan fingerprint density at radius 1 is 0.923 bits per heavy atom. The first-order valence-electron chi connectivity index (χ1n) is 8.92. The first-order valence-corrected chi connectivity index (χ1v) is 8.92. The maximum absolute atomic E-state index is 12.2. The maximum atomic E-state index is 12.2. The number of rotatable bonds is 8. The summed E-state index contributed by atoms with van der Waals surface area (Å²) in [7, 11) is 0. The summed E-state index contributed by atoms with van der Waals surface area (Å²) in [5.74, 6) is -0.155. The van der Waals surface area contributed by atoms with Crippen LogP contribution in [-0.2, 0) is 14.4 Å². The predicted molar refractivity (Wildman–Crippen MR) is 95.9 cm³/mol. The minimum Gasteiger partial charge on any atom is -0.493 e. The van der Waals surface area contributed by atoms with E-state index in [1.54, 1.807) is 9.80 Å². The van der Waals surface area contributed by atoms with Crippen molar-refractivity contribution in [1.82, 2.24) is 9.80 Å². The SMILES string of the molecule is Cc1ccc(OCCC(=O)N2CCN(C(=O)CCCC(=O)O)CC2)cc1. The third kappa shape index (κ3) is 6.38. The Labute approximate surface area is 153 Å². The van der Waals surface area contributed by atoms with Gasteiger partial charge < -0.3 is 19.6 Å². The number of ether oxygens (including phenoxy) is 1. The molecule has 0 unspecified atom stereocenters. The van der Waals surface area contributed by atoms with Crippen molar-refractivity contribution in [3.8, 4) is 5.75 Å². The number of carboxylic acids is 1. The van der Waals surface area contributed by atoms with Crippen LogP contribution in [0.5, 0.6) is 5.75 Å². The molecular weight excluding hydrogens is 336 g/mol. The molecule has 2 amide bonds. The number of hydrogen-bond donors (Lipinski definition) is 1. The fourth-order valence-electron chi connectivity index (χ4n) is 2.80. The van der Waals surface area contributed by atoms with Gasteiger partial charge in [0.05, 0.1) is 13.0 Å². The number of carbonyl (C=O) groups excluding carboxylic acids is 2. The Bertz CT molecular complexity index is 621. The summed E-state index contributed by atoms with van der Waals surface area (Å²) in [6.45, 7) is 4.34. The fourth-order valence-corrected chi connectivity index (χ4v) is 2.80. The molecule has 1 aliphatic rings. The van der Waals surface area contributed by atoms with Crippen LogP contribution in [-0.4, -0.2) is 65.5 Å². The summed E-state index contributed by atoms with van der Waals surface area (Å²) < 4.78 is 5.59. The van der Waals surface area contributed by atoms with Crippen LogP contribution >= 0.6 is 0 Å².